The van der Waals surface area contributed by atoms with Gasteiger partial charge in [-0.15, -0.1) is 0 Å². The van der Waals surface area contributed by atoms with Crippen molar-refractivity contribution in [1.29, 1.82) is 0 Å². The Kier molecular flexibility index (Phi) is 6.42. The highest BCUT2D eigenvalue weighted by molar-refractivity contribution is 6.12. The molecule has 7 aromatic carbocycles. The lowest BCUT2D eigenvalue weighted by molar-refractivity contribution is 1.07. The third-order valence-electron chi connectivity index (χ3n) is 9.56. The Bertz CT molecular complexity index is 2740. The molecule has 0 saturated carbocycles. The van der Waals surface area contributed by atoms with Crippen molar-refractivity contribution in [2.24, 2.45) is 0 Å². The Morgan fingerprint density at radius 1 is 0.280 bits per heavy atom. The van der Waals surface area contributed by atoms with Crippen molar-refractivity contribution >= 4 is 43.6 Å². The molecule has 3 heterocycles. The molecule has 0 radical (unpaired) electrons. The lowest BCUT2D eigenvalue weighted by Crippen LogP contribution is -2.00. The normalized spacial score (nSPS) is 11.6. The Hall–Kier alpha value is -6.85. The molecule has 0 bridgehead atoms. The molecule has 0 N–H and O–H groups in total. The van der Waals surface area contributed by atoms with Gasteiger partial charge >= 0.3 is 0 Å². The molecule has 50 heavy (non-hydrogen) atoms. The molecule has 5 heteroatoms. The first-order valence-corrected chi connectivity index (χ1v) is 16.8. The van der Waals surface area contributed by atoms with Crippen molar-refractivity contribution in [3.05, 3.63) is 176 Å². The van der Waals surface area contributed by atoms with Crippen molar-refractivity contribution in [2.45, 2.75) is 0 Å². The van der Waals surface area contributed by atoms with E-state index >= 15 is 0 Å². The van der Waals surface area contributed by atoms with Crippen LogP contribution >= 0.6 is 0 Å². The molecule has 10 aromatic rings. The first-order chi connectivity index (χ1) is 24.8. The van der Waals surface area contributed by atoms with E-state index in [4.69, 9.17) is 15.0 Å². The van der Waals surface area contributed by atoms with Gasteiger partial charge < -0.3 is 9.13 Å². The van der Waals surface area contributed by atoms with E-state index in [0.717, 1.165) is 39.1 Å². The fraction of sp³-hybridized carbons (Fsp3) is 0. The third-order valence-corrected chi connectivity index (χ3v) is 9.56. The second-order valence-electron chi connectivity index (χ2n) is 12.5. The van der Waals surface area contributed by atoms with Crippen LogP contribution in [0.3, 0.4) is 0 Å². The molecule has 0 atom stereocenters. The zero-order valence-electron chi connectivity index (χ0n) is 27.0. The largest absolute Gasteiger partial charge is 0.309 e. The molecule has 0 saturated heterocycles. The van der Waals surface area contributed by atoms with Crippen LogP contribution in [0.5, 0.6) is 0 Å². The lowest BCUT2D eigenvalue weighted by atomic mass is 10.1. The van der Waals surface area contributed by atoms with Gasteiger partial charge in [-0.2, -0.15) is 0 Å². The van der Waals surface area contributed by atoms with Gasteiger partial charge in [0, 0.05) is 49.6 Å². The van der Waals surface area contributed by atoms with Gasteiger partial charge in [-0.3, -0.25) is 0 Å². The van der Waals surface area contributed by atoms with Crippen LogP contribution in [-0.2, 0) is 0 Å². The highest BCUT2D eigenvalue weighted by Crippen LogP contribution is 2.38. The van der Waals surface area contributed by atoms with Crippen molar-refractivity contribution in [3.8, 4) is 45.5 Å². The number of fused-ring (bicyclic) bond motifs is 6. The molecule has 3 aromatic heterocycles. The summed E-state index contributed by atoms with van der Waals surface area (Å²) in [4.78, 5) is 15.0. The first-order valence-electron chi connectivity index (χ1n) is 16.8. The molecule has 0 aliphatic carbocycles. The zero-order valence-corrected chi connectivity index (χ0v) is 27.0. The average Bonchev–Trinajstić information content (AvgIpc) is 3.71. The van der Waals surface area contributed by atoms with E-state index in [0.29, 0.717) is 17.5 Å². The fourth-order valence-corrected chi connectivity index (χ4v) is 7.28. The molecule has 0 spiro atoms. The van der Waals surface area contributed by atoms with Crippen molar-refractivity contribution in [2.75, 3.05) is 0 Å². The standard InChI is InChI=1S/C45H29N5/c1-4-14-30(15-5-1)43-46-44(31-16-6-2-7-17-31)48-45(47-43)32-24-26-37-38-27-25-34(29-42(38)49(41(37)28-32)33-18-8-3-9-19-33)50-39-22-12-10-20-35(39)36-21-11-13-23-40(36)50/h1-29H. The molecule has 10 rings (SSSR count). The topological polar surface area (TPSA) is 48.5 Å². The summed E-state index contributed by atoms with van der Waals surface area (Å²) in [5, 5.41) is 4.85. The summed E-state index contributed by atoms with van der Waals surface area (Å²) in [6.45, 7) is 0. The molecular weight excluding hydrogens is 611 g/mol. The van der Waals surface area contributed by atoms with Gasteiger partial charge in [-0.25, -0.2) is 15.0 Å². The van der Waals surface area contributed by atoms with Gasteiger partial charge in [0.15, 0.2) is 17.5 Å². The molecule has 0 aliphatic rings. The van der Waals surface area contributed by atoms with Crippen LogP contribution < -0.4 is 0 Å². The fourth-order valence-electron chi connectivity index (χ4n) is 7.28. The molecule has 0 unspecified atom stereocenters. The van der Waals surface area contributed by atoms with E-state index in [9.17, 15) is 0 Å². The van der Waals surface area contributed by atoms with Crippen molar-refractivity contribution < 1.29 is 0 Å². The van der Waals surface area contributed by atoms with Gasteiger partial charge in [-0.05, 0) is 42.5 Å². The number of nitrogens with zero attached hydrogens (tertiary/aromatic N) is 5. The van der Waals surface area contributed by atoms with Crippen LogP contribution in [0.1, 0.15) is 0 Å². The van der Waals surface area contributed by atoms with Crippen LogP contribution in [0.4, 0.5) is 0 Å². The van der Waals surface area contributed by atoms with Crippen LogP contribution in [0.25, 0.3) is 89.2 Å². The maximum absolute atomic E-state index is 5.03. The Morgan fingerprint density at radius 3 is 1.28 bits per heavy atom. The van der Waals surface area contributed by atoms with Crippen LogP contribution in [-0.4, -0.2) is 24.1 Å². The maximum atomic E-state index is 5.03. The quantitative estimate of drug-likeness (QED) is 0.188. The Balaban J connectivity index is 1.22. The van der Waals surface area contributed by atoms with Crippen LogP contribution in [0.2, 0.25) is 0 Å². The van der Waals surface area contributed by atoms with E-state index < -0.39 is 0 Å². The highest BCUT2D eigenvalue weighted by atomic mass is 15.0. The molecule has 0 amide bonds. The maximum Gasteiger partial charge on any atom is 0.164 e. The zero-order chi connectivity index (χ0) is 33.0. The lowest BCUT2D eigenvalue weighted by Gasteiger charge is -2.11. The summed E-state index contributed by atoms with van der Waals surface area (Å²) >= 11 is 0. The second-order valence-corrected chi connectivity index (χ2v) is 12.5. The van der Waals surface area contributed by atoms with Crippen molar-refractivity contribution in [1.82, 2.24) is 24.1 Å². The summed E-state index contributed by atoms with van der Waals surface area (Å²) in [6.07, 6.45) is 0. The second kappa shape index (κ2) is 11.4. The van der Waals surface area contributed by atoms with Crippen molar-refractivity contribution in [3.63, 3.8) is 0 Å². The third kappa shape index (κ3) is 4.52. The van der Waals surface area contributed by atoms with E-state index in [1.54, 1.807) is 0 Å². The summed E-state index contributed by atoms with van der Waals surface area (Å²) in [6, 6.07) is 61.5. The summed E-state index contributed by atoms with van der Waals surface area (Å²) in [5.41, 5.74) is 9.64. The molecule has 0 fully saturated rings. The smallest absolute Gasteiger partial charge is 0.164 e. The first kappa shape index (κ1) is 28.2. The highest BCUT2D eigenvalue weighted by Gasteiger charge is 2.18. The summed E-state index contributed by atoms with van der Waals surface area (Å²) in [7, 11) is 0. The van der Waals surface area contributed by atoms with Crippen LogP contribution in [0.15, 0.2) is 176 Å². The van der Waals surface area contributed by atoms with E-state index in [-0.39, 0.29) is 0 Å². The minimum Gasteiger partial charge on any atom is -0.309 e. The molecule has 0 aliphatic heterocycles. The van der Waals surface area contributed by atoms with Gasteiger partial charge in [0.2, 0.25) is 0 Å². The summed E-state index contributed by atoms with van der Waals surface area (Å²) in [5.74, 6) is 1.93. The number of benzene rings is 7. The SMILES string of the molecule is c1ccc(-c2nc(-c3ccccc3)nc(-c3ccc4c5ccc(-n6c7ccccc7c7ccccc76)cc5n(-c5ccccc5)c4c3)n2)cc1. The van der Waals surface area contributed by atoms with E-state index in [1.165, 1.54) is 32.6 Å². The van der Waals surface area contributed by atoms with Gasteiger partial charge in [0.25, 0.3) is 0 Å². The number of rotatable bonds is 5. The van der Waals surface area contributed by atoms with E-state index in [2.05, 4.69) is 124 Å². The Morgan fingerprint density at radius 2 is 0.700 bits per heavy atom. The Labute approximate surface area is 288 Å². The predicted octanol–water partition coefficient (Wildman–Crippen LogP) is 11.1. The number of hydrogen-bond acceptors (Lipinski definition) is 3. The number of aromatic nitrogens is 5. The van der Waals surface area contributed by atoms with Gasteiger partial charge in [-0.1, -0.05) is 133 Å². The molecule has 234 valence electrons. The number of hydrogen-bond donors (Lipinski definition) is 0. The van der Waals surface area contributed by atoms with Gasteiger partial charge in [0.05, 0.1) is 22.1 Å². The molecular formula is C45H29N5. The predicted molar refractivity (Wildman–Crippen MR) is 205 cm³/mol. The minimum atomic E-state index is 0.635. The van der Waals surface area contributed by atoms with Gasteiger partial charge in [0.1, 0.15) is 0 Å². The monoisotopic (exact) mass is 639 g/mol. The summed E-state index contributed by atoms with van der Waals surface area (Å²) < 4.78 is 4.74. The van der Waals surface area contributed by atoms with Crippen LogP contribution in [0, 0.1) is 0 Å². The average molecular weight is 640 g/mol. The number of para-hydroxylation sites is 3. The molecule has 5 nitrogen and oxygen atoms in total. The van der Waals surface area contributed by atoms with E-state index in [1.807, 2.05) is 60.7 Å². The minimum absolute atomic E-state index is 0.635.